The Morgan fingerprint density at radius 3 is 2.68 bits per heavy atom. The van der Waals surface area contributed by atoms with Crippen LogP contribution < -0.4 is 5.73 Å². The largest absolute Gasteiger partial charge is 0.356 e. The number of para-hydroxylation sites is 1. The summed E-state index contributed by atoms with van der Waals surface area (Å²) >= 11 is 0. The van der Waals surface area contributed by atoms with Crippen LogP contribution in [0.25, 0.3) is 22.2 Å². The molecule has 0 saturated heterocycles. The summed E-state index contributed by atoms with van der Waals surface area (Å²) < 4.78 is 5.49. The average Bonchev–Trinajstić information content (AvgIpc) is 3.06. The van der Waals surface area contributed by atoms with Crippen LogP contribution in [-0.2, 0) is 6.42 Å². The van der Waals surface area contributed by atoms with E-state index in [1.165, 1.54) is 0 Å². The minimum absolute atomic E-state index is 0.165. The van der Waals surface area contributed by atoms with E-state index in [1.807, 2.05) is 48.5 Å². The number of rotatable bonds is 4. The molecule has 0 amide bonds. The number of aromatic nitrogens is 2. The standard InChI is InChI=1S/C21H19N3O/c1-14-7-6-10-17(21-16-9-2-3-11-19(16)25-24-21)20(14)18(22)13-15-8-4-5-12-23-15/h2-12,18H,13,22H2,1H3. The van der Waals surface area contributed by atoms with Gasteiger partial charge in [-0.15, -0.1) is 0 Å². The van der Waals surface area contributed by atoms with Crippen LogP contribution in [0.1, 0.15) is 22.9 Å². The van der Waals surface area contributed by atoms with Gasteiger partial charge in [0.15, 0.2) is 5.58 Å². The van der Waals surface area contributed by atoms with Crippen molar-refractivity contribution in [3.63, 3.8) is 0 Å². The highest BCUT2D eigenvalue weighted by Gasteiger charge is 2.19. The summed E-state index contributed by atoms with van der Waals surface area (Å²) in [5.74, 6) is 0. The predicted octanol–water partition coefficient (Wildman–Crippen LogP) is 4.44. The van der Waals surface area contributed by atoms with Crippen molar-refractivity contribution in [3.8, 4) is 11.3 Å². The van der Waals surface area contributed by atoms with Crippen molar-refractivity contribution in [2.24, 2.45) is 5.73 Å². The van der Waals surface area contributed by atoms with Gasteiger partial charge in [-0.25, -0.2) is 0 Å². The van der Waals surface area contributed by atoms with Gasteiger partial charge in [0.1, 0.15) is 5.69 Å². The molecule has 2 aromatic carbocycles. The Labute approximate surface area is 146 Å². The Balaban J connectivity index is 1.81. The lowest BCUT2D eigenvalue weighted by Gasteiger charge is -2.18. The summed E-state index contributed by atoms with van der Waals surface area (Å²) in [7, 11) is 0. The topological polar surface area (TPSA) is 64.9 Å². The third-order valence-corrected chi connectivity index (χ3v) is 4.48. The first-order valence-corrected chi connectivity index (χ1v) is 8.34. The van der Waals surface area contributed by atoms with Gasteiger partial charge >= 0.3 is 0 Å². The summed E-state index contributed by atoms with van der Waals surface area (Å²) in [5.41, 5.74) is 12.4. The van der Waals surface area contributed by atoms with Gasteiger partial charge in [-0.1, -0.05) is 41.6 Å². The van der Waals surface area contributed by atoms with Gasteiger partial charge in [0.25, 0.3) is 0 Å². The Hall–Kier alpha value is -2.98. The minimum atomic E-state index is -0.165. The molecule has 0 bridgehead atoms. The zero-order valence-corrected chi connectivity index (χ0v) is 14.0. The minimum Gasteiger partial charge on any atom is -0.356 e. The smallest absolute Gasteiger partial charge is 0.167 e. The number of benzene rings is 2. The molecule has 0 aliphatic heterocycles. The van der Waals surface area contributed by atoms with E-state index in [0.717, 1.165) is 39.0 Å². The van der Waals surface area contributed by atoms with Crippen LogP contribution in [0.2, 0.25) is 0 Å². The number of fused-ring (bicyclic) bond motifs is 1. The van der Waals surface area contributed by atoms with Gasteiger partial charge in [0.2, 0.25) is 0 Å². The van der Waals surface area contributed by atoms with Crippen molar-refractivity contribution < 1.29 is 4.52 Å². The van der Waals surface area contributed by atoms with Gasteiger partial charge in [-0.05, 0) is 42.3 Å². The summed E-state index contributed by atoms with van der Waals surface area (Å²) in [4.78, 5) is 4.40. The molecule has 2 heterocycles. The highest BCUT2D eigenvalue weighted by molar-refractivity contribution is 5.92. The summed E-state index contributed by atoms with van der Waals surface area (Å²) in [6, 6.07) is 19.8. The number of pyridine rings is 1. The van der Waals surface area contributed by atoms with Crippen LogP contribution in [0.4, 0.5) is 0 Å². The monoisotopic (exact) mass is 329 g/mol. The van der Waals surface area contributed by atoms with Gasteiger partial charge in [-0.3, -0.25) is 4.98 Å². The third-order valence-electron chi connectivity index (χ3n) is 4.48. The molecule has 25 heavy (non-hydrogen) atoms. The third kappa shape index (κ3) is 2.92. The molecule has 2 aromatic heterocycles. The molecule has 1 atom stereocenters. The fourth-order valence-corrected chi connectivity index (χ4v) is 3.31. The maximum absolute atomic E-state index is 6.58. The van der Waals surface area contributed by atoms with Crippen molar-refractivity contribution in [2.75, 3.05) is 0 Å². The van der Waals surface area contributed by atoms with Crippen LogP contribution in [0.15, 0.2) is 71.4 Å². The second kappa shape index (κ2) is 6.49. The van der Waals surface area contributed by atoms with Gasteiger partial charge in [0.05, 0.1) is 0 Å². The molecule has 0 spiro atoms. The number of hydrogen-bond acceptors (Lipinski definition) is 4. The predicted molar refractivity (Wildman–Crippen MR) is 99.1 cm³/mol. The molecule has 0 fully saturated rings. The Bertz CT molecular complexity index is 1010. The quantitative estimate of drug-likeness (QED) is 0.601. The van der Waals surface area contributed by atoms with Crippen LogP contribution >= 0.6 is 0 Å². The SMILES string of the molecule is Cc1cccc(-c2noc3ccccc23)c1C(N)Cc1ccccn1. The summed E-state index contributed by atoms with van der Waals surface area (Å²) in [6.45, 7) is 2.08. The lowest BCUT2D eigenvalue weighted by atomic mass is 9.90. The van der Waals surface area contributed by atoms with Crippen molar-refractivity contribution in [1.29, 1.82) is 0 Å². The van der Waals surface area contributed by atoms with E-state index in [-0.39, 0.29) is 6.04 Å². The molecule has 4 rings (SSSR count). The van der Waals surface area contributed by atoms with Crippen molar-refractivity contribution in [2.45, 2.75) is 19.4 Å². The molecule has 0 saturated carbocycles. The van der Waals surface area contributed by atoms with E-state index < -0.39 is 0 Å². The Kier molecular flexibility index (Phi) is 4.04. The Morgan fingerprint density at radius 1 is 1.00 bits per heavy atom. The van der Waals surface area contributed by atoms with Gasteiger partial charge < -0.3 is 10.3 Å². The zero-order valence-electron chi connectivity index (χ0n) is 14.0. The highest BCUT2D eigenvalue weighted by Crippen LogP contribution is 2.34. The molecule has 0 aliphatic carbocycles. The maximum atomic E-state index is 6.58. The average molecular weight is 329 g/mol. The zero-order chi connectivity index (χ0) is 17.2. The highest BCUT2D eigenvalue weighted by atomic mass is 16.5. The molecule has 1 unspecified atom stereocenters. The van der Waals surface area contributed by atoms with E-state index in [9.17, 15) is 0 Å². The molecule has 4 nitrogen and oxygen atoms in total. The number of aryl methyl sites for hydroxylation is 1. The van der Waals surface area contributed by atoms with E-state index in [4.69, 9.17) is 10.3 Å². The van der Waals surface area contributed by atoms with Crippen LogP contribution in [-0.4, -0.2) is 10.1 Å². The fraction of sp³-hybridized carbons (Fsp3) is 0.143. The molecule has 4 heteroatoms. The normalized spacial score (nSPS) is 12.4. The first-order valence-electron chi connectivity index (χ1n) is 8.34. The lowest BCUT2D eigenvalue weighted by Crippen LogP contribution is -2.16. The van der Waals surface area contributed by atoms with Crippen molar-refractivity contribution in [3.05, 3.63) is 83.7 Å². The van der Waals surface area contributed by atoms with E-state index in [0.29, 0.717) is 6.42 Å². The van der Waals surface area contributed by atoms with Crippen molar-refractivity contribution >= 4 is 11.0 Å². The van der Waals surface area contributed by atoms with Gasteiger partial charge in [-0.2, -0.15) is 0 Å². The maximum Gasteiger partial charge on any atom is 0.167 e. The number of nitrogens with zero attached hydrogens (tertiary/aromatic N) is 2. The van der Waals surface area contributed by atoms with E-state index in [2.05, 4.69) is 29.2 Å². The van der Waals surface area contributed by atoms with Crippen LogP contribution in [0.5, 0.6) is 0 Å². The van der Waals surface area contributed by atoms with E-state index in [1.54, 1.807) is 6.20 Å². The first kappa shape index (κ1) is 15.5. The fourth-order valence-electron chi connectivity index (χ4n) is 3.31. The van der Waals surface area contributed by atoms with E-state index >= 15 is 0 Å². The first-order chi connectivity index (χ1) is 12.2. The molecule has 124 valence electrons. The molecule has 4 aromatic rings. The van der Waals surface area contributed by atoms with Crippen LogP contribution in [0.3, 0.4) is 0 Å². The molecular weight excluding hydrogens is 310 g/mol. The number of nitrogens with two attached hydrogens (primary N) is 1. The molecular formula is C21H19N3O. The molecule has 2 N–H and O–H groups in total. The second-order valence-corrected chi connectivity index (χ2v) is 6.20. The van der Waals surface area contributed by atoms with Crippen LogP contribution in [0, 0.1) is 6.92 Å². The second-order valence-electron chi connectivity index (χ2n) is 6.20. The number of hydrogen-bond donors (Lipinski definition) is 1. The van der Waals surface area contributed by atoms with Gasteiger partial charge in [0, 0.05) is 35.3 Å². The summed E-state index contributed by atoms with van der Waals surface area (Å²) in [6.07, 6.45) is 2.47. The summed E-state index contributed by atoms with van der Waals surface area (Å²) in [5, 5.41) is 5.31. The molecule has 0 radical (unpaired) electrons. The van der Waals surface area contributed by atoms with Crippen molar-refractivity contribution in [1.82, 2.24) is 10.1 Å². The Morgan fingerprint density at radius 2 is 1.84 bits per heavy atom. The lowest BCUT2D eigenvalue weighted by molar-refractivity contribution is 0.459. The molecule has 0 aliphatic rings.